The van der Waals surface area contributed by atoms with Crippen molar-refractivity contribution in [2.24, 2.45) is 0 Å². The van der Waals surface area contributed by atoms with Gasteiger partial charge in [-0.25, -0.2) is 0 Å². The summed E-state index contributed by atoms with van der Waals surface area (Å²) < 4.78 is 10.6. The van der Waals surface area contributed by atoms with Gasteiger partial charge in [0.25, 0.3) is 5.91 Å². The topological polar surface area (TPSA) is 64.6 Å². The molecule has 0 aliphatic heterocycles. The number of anilines is 1. The smallest absolute Gasteiger partial charge is 0.308 e. The molecule has 1 N–H and O–H groups in total. The minimum absolute atomic E-state index is 0.0874. The summed E-state index contributed by atoms with van der Waals surface area (Å²) in [6.45, 7) is 7.08. The molecule has 2 aromatic rings. The van der Waals surface area contributed by atoms with Crippen LogP contribution in [0.25, 0.3) is 0 Å². The third-order valence-electron chi connectivity index (χ3n) is 3.89. The third-order valence-corrected chi connectivity index (χ3v) is 4.29. The number of aryl methyl sites for hydroxylation is 1. The van der Waals surface area contributed by atoms with Crippen molar-refractivity contribution in [3.8, 4) is 11.5 Å². The van der Waals surface area contributed by atoms with Gasteiger partial charge < -0.3 is 14.8 Å². The maximum Gasteiger partial charge on any atom is 0.308 e. The lowest BCUT2D eigenvalue weighted by Gasteiger charge is -2.17. The van der Waals surface area contributed by atoms with E-state index in [9.17, 15) is 9.59 Å². The highest BCUT2D eigenvalue weighted by atomic mass is 35.5. The van der Waals surface area contributed by atoms with Crippen LogP contribution < -0.4 is 14.8 Å². The molecule has 0 bridgehead atoms. The minimum Gasteiger partial charge on any atom is -0.495 e. The first-order valence-electron chi connectivity index (χ1n) is 8.21. The Labute approximate surface area is 158 Å². The van der Waals surface area contributed by atoms with Crippen LogP contribution in [-0.2, 0) is 4.79 Å². The number of amides is 1. The molecule has 0 radical (unpaired) electrons. The van der Waals surface area contributed by atoms with Crippen molar-refractivity contribution >= 4 is 29.2 Å². The maximum absolute atomic E-state index is 12.9. The van der Waals surface area contributed by atoms with Crippen molar-refractivity contribution in [3.63, 3.8) is 0 Å². The van der Waals surface area contributed by atoms with Gasteiger partial charge in [-0.15, -0.1) is 0 Å². The van der Waals surface area contributed by atoms with E-state index in [1.165, 1.54) is 14.0 Å². The van der Waals surface area contributed by atoms with E-state index in [4.69, 9.17) is 21.1 Å². The van der Waals surface area contributed by atoms with Gasteiger partial charge in [0.05, 0.1) is 18.4 Å². The number of halogens is 1. The van der Waals surface area contributed by atoms with Crippen LogP contribution in [0.2, 0.25) is 5.02 Å². The Balaban J connectivity index is 2.46. The number of nitrogens with one attached hydrogen (secondary N) is 1. The highest BCUT2D eigenvalue weighted by molar-refractivity contribution is 6.31. The Morgan fingerprint density at radius 3 is 2.46 bits per heavy atom. The van der Waals surface area contributed by atoms with Crippen molar-refractivity contribution in [3.05, 3.63) is 52.0 Å². The number of ether oxygens (including phenoxy) is 2. The van der Waals surface area contributed by atoms with Gasteiger partial charge in [-0.1, -0.05) is 37.6 Å². The van der Waals surface area contributed by atoms with Gasteiger partial charge in [-0.05, 0) is 36.1 Å². The molecule has 0 aromatic heterocycles. The summed E-state index contributed by atoms with van der Waals surface area (Å²) in [5.74, 6) is -0.0691. The van der Waals surface area contributed by atoms with Gasteiger partial charge in [-0.3, -0.25) is 9.59 Å². The van der Waals surface area contributed by atoms with Crippen molar-refractivity contribution in [1.29, 1.82) is 0 Å². The number of methoxy groups -OCH3 is 1. The SMILES string of the molecule is COc1cc(Cl)c(C)cc1NC(=O)c1cccc(C(C)C)c1OC(C)=O. The van der Waals surface area contributed by atoms with Crippen molar-refractivity contribution in [2.75, 3.05) is 12.4 Å². The van der Waals surface area contributed by atoms with Gasteiger partial charge in [-0.2, -0.15) is 0 Å². The highest BCUT2D eigenvalue weighted by Crippen LogP contribution is 2.34. The summed E-state index contributed by atoms with van der Waals surface area (Å²) in [5.41, 5.74) is 2.36. The summed E-state index contributed by atoms with van der Waals surface area (Å²) in [4.78, 5) is 24.4. The Hall–Kier alpha value is -2.53. The Morgan fingerprint density at radius 1 is 1.19 bits per heavy atom. The van der Waals surface area contributed by atoms with E-state index >= 15 is 0 Å². The molecule has 5 nitrogen and oxygen atoms in total. The van der Waals surface area contributed by atoms with Crippen LogP contribution in [0, 0.1) is 6.92 Å². The fourth-order valence-electron chi connectivity index (χ4n) is 2.57. The van der Waals surface area contributed by atoms with Crippen LogP contribution in [0.5, 0.6) is 11.5 Å². The standard InChI is InChI=1S/C20H22ClNO4/c1-11(2)14-7-6-8-15(19(14)26-13(4)23)20(24)22-17-9-12(3)16(21)10-18(17)25-5/h6-11H,1-5H3,(H,22,24). The molecule has 0 fully saturated rings. The first kappa shape index (κ1) is 19.8. The zero-order valence-electron chi connectivity index (χ0n) is 15.5. The summed E-state index contributed by atoms with van der Waals surface area (Å²) in [6.07, 6.45) is 0. The number of benzene rings is 2. The van der Waals surface area contributed by atoms with Gasteiger partial charge in [0.1, 0.15) is 11.5 Å². The first-order chi connectivity index (χ1) is 12.2. The van der Waals surface area contributed by atoms with Gasteiger partial charge in [0, 0.05) is 18.0 Å². The number of esters is 1. The highest BCUT2D eigenvalue weighted by Gasteiger charge is 2.21. The van der Waals surface area contributed by atoms with E-state index in [0.29, 0.717) is 16.5 Å². The van der Waals surface area contributed by atoms with Crippen LogP contribution in [-0.4, -0.2) is 19.0 Å². The van der Waals surface area contributed by atoms with Crippen molar-refractivity contribution in [2.45, 2.75) is 33.6 Å². The molecular weight excluding hydrogens is 354 g/mol. The number of carbonyl (C=O) groups is 2. The van der Waals surface area contributed by atoms with Crippen LogP contribution in [0.15, 0.2) is 30.3 Å². The van der Waals surface area contributed by atoms with E-state index in [0.717, 1.165) is 11.1 Å². The van der Waals surface area contributed by atoms with E-state index in [1.54, 1.807) is 24.3 Å². The molecule has 26 heavy (non-hydrogen) atoms. The zero-order valence-corrected chi connectivity index (χ0v) is 16.2. The molecule has 0 spiro atoms. The average Bonchev–Trinajstić information content (AvgIpc) is 2.57. The molecule has 2 rings (SSSR count). The molecule has 6 heteroatoms. The van der Waals surface area contributed by atoms with E-state index in [2.05, 4.69) is 5.32 Å². The van der Waals surface area contributed by atoms with Gasteiger partial charge in [0.2, 0.25) is 0 Å². The summed E-state index contributed by atoms with van der Waals surface area (Å²) in [5, 5.41) is 3.36. The number of hydrogen-bond donors (Lipinski definition) is 1. The lowest BCUT2D eigenvalue weighted by molar-refractivity contribution is -0.131. The second-order valence-electron chi connectivity index (χ2n) is 6.23. The number of carbonyl (C=O) groups excluding carboxylic acids is 2. The minimum atomic E-state index is -0.480. The summed E-state index contributed by atoms with van der Waals surface area (Å²) >= 11 is 6.11. The lowest BCUT2D eigenvalue weighted by atomic mass is 9.98. The largest absolute Gasteiger partial charge is 0.495 e. The Morgan fingerprint density at radius 2 is 1.88 bits per heavy atom. The lowest BCUT2D eigenvalue weighted by Crippen LogP contribution is -2.17. The second-order valence-corrected chi connectivity index (χ2v) is 6.64. The van der Waals surface area contributed by atoms with E-state index < -0.39 is 11.9 Å². The molecule has 0 saturated carbocycles. The Kier molecular flexibility index (Phi) is 6.27. The molecule has 2 aromatic carbocycles. The molecule has 1 amide bonds. The molecule has 0 saturated heterocycles. The molecule has 138 valence electrons. The van der Waals surface area contributed by atoms with Crippen molar-refractivity contribution in [1.82, 2.24) is 0 Å². The summed E-state index contributed by atoms with van der Waals surface area (Å²) in [6, 6.07) is 8.60. The fraction of sp³-hybridized carbons (Fsp3) is 0.300. The fourth-order valence-corrected chi connectivity index (χ4v) is 2.72. The van der Waals surface area contributed by atoms with Crippen LogP contribution in [0.4, 0.5) is 5.69 Å². The molecule has 0 heterocycles. The maximum atomic E-state index is 12.9. The predicted octanol–water partition coefficient (Wildman–Crippen LogP) is 4.96. The molecular formula is C20H22ClNO4. The molecule has 0 atom stereocenters. The normalized spacial score (nSPS) is 10.6. The average molecular weight is 376 g/mol. The van der Waals surface area contributed by atoms with E-state index in [1.807, 2.05) is 26.8 Å². The molecule has 0 aliphatic rings. The van der Waals surface area contributed by atoms with Crippen LogP contribution in [0.3, 0.4) is 0 Å². The monoisotopic (exact) mass is 375 g/mol. The Bertz CT molecular complexity index is 846. The number of para-hydroxylation sites is 1. The predicted molar refractivity (Wildman–Crippen MR) is 103 cm³/mol. The van der Waals surface area contributed by atoms with E-state index in [-0.39, 0.29) is 17.2 Å². The number of hydrogen-bond acceptors (Lipinski definition) is 4. The zero-order chi connectivity index (χ0) is 19.4. The quantitative estimate of drug-likeness (QED) is 0.592. The van der Waals surface area contributed by atoms with Crippen LogP contribution in [0.1, 0.15) is 48.2 Å². The van der Waals surface area contributed by atoms with Crippen molar-refractivity contribution < 1.29 is 19.1 Å². The first-order valence-corrected chi connectivity index (χ1v) is 8.59. The second kappa shape index (κ2) is 8.23. The van der Waals surface area contributed by atoms with Crippen LogP contribution >= 0.6 is 11.6 Å². The van der Waals surface area contributed by atoms with Gasteiger partial charge >= 0.3 is 5.97 Å². The number of rotatable bonds is 5. The third kappa shape index (κ3) is 4.35. The summed E-state index contributed by atoms with van der Waals surface area (Å²) in [7, 11) is 1.50. The molecule has 0 unspecified atom stereocenters. The van der Waals surface area contributed by atoms with Gasteiger partial charge in [0.15, 0.2) is 0 Å². The molecule has 0 aliphatic carbocycles.